The Morgan fingerprint density at radius 3 is 2.25 bits per heavy atom. The van der Waals surface area contributed by atoms with Crippen LogP contribution in [0.15, 0.2) is 47.4 Å². The first-order valence-corrected chi connectivity index (χ1v) is 16.0. The number of alkyl halides is 7. The molecule has 1 aliphatic carbocycles. The van der Waals surface area contributed by atoms with E-state index in [4.69, 9.17) is 4.74 Å². The summed E-state index contributed by atoms with van der Waals surface area (Å²) in [5.41, 5.74) is -9.77. The molecular weight excluding hydrogens is 684 g/mol. The van der Waals surface area contributed by atoms with Gasteiger partial charge in [0.1, 0.15) is 10.6 Å². The Morgan fingerprint density at radius 1 is 0.979 bits per heavy atom. The zero-order valence-corrected chi connectivity index (χ0v) is 25.3. The zero-order chi connectivity index (χ0) is 35.1. The summed E-state index contributed by atoms with van der Waals surface area (Å²) in [6.45, 7) is -0.488. The molecule has 2 aromatic carbocycles. The van der Waals surface area contributed by atoms with Crippen molar-refractivity contribution in [1.82, 2.24) is 20.9 Å². The summed E-state index contributed by atoms with van der Waals surface area (Å²) in [6, 6.07) is 0.885. The molecule has 0 aromatic heterocycles. The van der Waals surface area contributed by atoms with Gasteiger partial charge in [-0.05, 0) is 61.1 Å². The number of ether oxygens (including phenoxy) is 1. The van der Waals surface area contributed by atoms with Gasteiger partial charge in [0, 0.05) is 18.7 Å². The number of carbonyl (C=O) groups excluding carboxylic acids is 3. The van der Waals surface area contributed by atoms with Crippen LogP contribution in [-0.2, 0) is 36.2 Å². The lowest BCUT2D eigenvalue weighted by atomic mass is 9.77. The lowest BCUT2D eigenvalue weighted by Crippen LogP contribution is -2.68. The predicted molar refractivity (Wildman–Crippen MR) is 147 cm³/mol. The van der Waals surface area contributed by atoms with Crippen LogP contribution >= 0.6 is 0 Å². The smallest absolute Gasteiger partial charge is 0.378 e. The molecule has 2 unspecified atom stereocenters. The molecule has 3 N–H and O–H groups in total. The Bertz CT molecular complexity index is 1770. The normalized spacial score (nSPS) is 27.7. The van der Waals surface area contributed by atoms with Crippen molar-refractivity contribution < 1.29 is 62.7 Å². The monoisotopic (exact) mass is 710 g/mol. The maximum absolute atomic E-state index is 15.0. The van der Waals surface area contributed by atoms with Gasteiger partial charge in [-0.1, -0.05) is 18.2 Å². The standard InChI is InChI=1S/C29H26F8N4O6S/c30-17-3-5-18(6-4-17)48(45,46)26-10-11-41(24(44)38-20-9-12-47-14-25(20)22(42)39-23(43)40-25)21(26)8-1-15-13-16(2-7-19(15)26)27(31,28(32,33)34)29(35,36)37/h2-7,13,20-21H,1,8-12,14H2,(H,38,44)(H2,39,40,42,43)/t20?,21-,25?,26-/m1/s1. The van der Waals surface area contributed by atoms with Gasteiger partial charge < -0.3 is 20.3 Å². The van der Waals surface area contributed by atoms with Crippen LogP contribution in [0.25, 0.3) is 0 Å². The minimum absolute atomic E-state index is 0.0615. The number of hydrogen-bond donors (Lipinski definition) is 3. The van der Waals surface area contributed by atoms with Crippen molar-refractivity contribution in [2.45, 2.75) is 71.0 Å². The van der Waals surface area contributed by atoms with Crippen LogP contribution in [0.1, 0.15) is 36.0 Å². The summed E-state index contributed by atoms with van der Waals surface area (Å²) in [5, 5.41) is 7.20. The average Bonchev–Trinajstić information content (AvgIpc) is 3.55. The zero-order valence-electron chi connectivity index (χ0n) is 24.5. The number of nitrogens with zero attached hydrogens (tertiary/aromatic N) is 1. The molecule has 3 aliphatic heterocycles. The average molecular weight is 711 g/mol. The van der Waals surface area contributed by atoms with E-state index in [1.165, 1.54) is 0 Å². The summed E-state index contributed by atoms with van der Waals surface area (Å²) in [7, 11) is -4.70. The highest BCUT2D eigenvalue weighted by Gasteiger charge is 2.74. The van der Waals surface area contributed by atoms with Gasteiger partial charge in [0.15, 0.2) is 15.4 Å². The number of fused-ring (bicyclic) bond motifs is 3. The van der Waals surface area contributed by atoms with Gasteiger partial charge in [-0.3, -0.25) is 10.1 Å². The molecule has 3 saturated heterocycles. The van der Waals surface area contributed by atoms with Gasteiger partial charge in [-0.15, -0.1) is 0 Å². The topological polar surface area (TPSA) is 134 Å². The Kier molecular flexibility index (Phi) is 7.77. The molecule has 5 amide bonds. The van der Waals surface area contributed by atoms with E-state index in [1.54, 1.807) is 0 Å². The second-order valence-corrected chi connectivity index (χ2v) is 14.3. The molecule has 3 heterocycles. The lowest BCUT2D eigenvalue weighted by molar-refractivity contribution is -0.348. The largest absolute Gasteiger partial charge is 0.435 e. The van der Waals surface area contributed by atoms with Gasteiger partial charge in [0.25, 0.3) is 5.91 Å². The molecule has 0 radical (unpaired) electrons. The highest BCUT2D eigenvalue weighted by molar-refractivity contribution is 7.92. The molecule has 6 rings (SSSR count). The van der Waals surface area contributed by atoms with E-state index in [1.807, 2.05) is 0 Å². The van der Waals surface area contributed by atoms with Crippen molar-refractivity contribution in [3.8, 4) is 0 Å². The Morgan fingerprint density at radius 2 is 1.65 bits per heavy atom. The summed E-state index contributed by atoms with van der Waals surface area (Å²) < 4.78 is 143. The molecule has 4 aliphatic rings. The van der Waals surface area contributed by atoms with Crippen molar-refractivity contribution in [2.24, 2.45) is 0 Å². The molecule has 3 fully saturated rings. The number of aryl methyl sites for hydroxylation is 1. The van der Waals surface area contributed by atoms with Crippen molar-refractivity contribution in [3.63, 3.8) is 0 Å². The number of halogens is 8. The SMILES string of the molecule is O=C1NC(=O)C2(COCCC2NC(=O)N2CC[C@@]3(S(=O)(=O)c4ccc(F)cc4)c4ccc(C(F)(C(F)(F)F)C(F)(F)F)cc4CC[C@@H]23)N1. The number of hydrogen-bond acceptors (Lipinski definition) is 6. The number of carbonyl (C=O) groups is 3. The third-order valence-electron chi connectivity index (χ3n) is 9.67. The Balaban J connectivity index is 1.44. The Labute approximate surface area is 267 Å². The molecule has 0 saturated carbocycles. The number of sulfone groups is 1. The fraction of sp³-hybridized carbons (Fsp3) is 0.483. The number of likely N-dealkylation sites (tertiary alicyclic amines) is 1. The first-order valence-electron chi connectivity index (χ1n) is 14.5. The maximum atomic E-state index is 15.0. The van der Waals surface area contributed by atoms with E-state index < -0.39 is 90.9 Å². The number of amides is 5. The molecule has 48 heavy (non-hydrogen) atoms. The molecule has 0 bridgehead atoms. The van der Waals surface area contributed by atoms with E-state index in [2.05, 4.69) is 16.0 Å². The van der Waals surface area contributed by atoms with Crippen LogP contribution in [0.2, 0.25) is 0 Å². The van der Waals surface area contributed by atoms with E-state index in [0.717, 1.165) is 29.2 Å². The summed E-state index contributed by atoms with van der Waals surface area (Å²) in [5.74, 6) is -1.56. The molecule has 19 heteroatoms. The number of imide groups is 1. The maximum Gasteiger partial charge on any atom is 0.435 e. The number of nitrogens with one attached hydrogen (secondary N) is 3. The fourth-order valence-electron chi connectivity index (χ4n) is 7.36. The fourth-order valence-corrected chi connectivity index (χ4v) is 9.73. The van der Waals surface area contributed by atoms with Gasteiger partial charge >= 0.3 is 30.1 Å². The van der Waals surface area contributed by atoms with E-state index >= 15 is 4.39 Å². The first-order chi connectivity index (χ1) is 22.3. The van der Waals surface area contributed by atoms with Crippen LogP contribution in [0.5, 0.6) is 0 Å². The molecule has 260 valence electrons. The van der Waals surface area contributed by atoms with Crippen molar-refractivity contribution in [2.75, 3.05) is 19.8 Å². The lowest BCUT2D eigenvalue weighted by Gasteiger charge is -2.44. The molecule has 2 aromatic rings. The summed E-state index contributed by atoms with van der Waals surface area (Å²) in [6.07, 6.45) is -13.8. The van der Waals surface area contributed by atoms with E-state index in [9.17, 15) is 53.5 Å². The Hall–Kier alpha value is -4.00. The van der Waals surface area contributed by atoms with Gasteiger partial charge in [0.2, 0.25) is 0 Å². The third-order valence-corrected chi connectivity index (χ3v) is 12.2. The highest BCUT2D eigenvalue weighted by atomic mass is 32.2. The van der Waals surface area contributed by atoms with Gasteiger partial charge in [-0.2, -0.15) is 26.3 Å². The highest BCUT2D eigenvalue weighted by Crippen LogP contribution is 2.56. The van der Waals surface area contributed by atoms with Crippen LogP contribution in [-0.4, -0.2) is 81.0 Å². The molecule has 4 atom stereocenters. The predicted octanol–water partition coefficient (Wildman–Crippen LogP) is 3.88. The molecule has 1 spiro atoms. The number of urea groups is 2. The first kappa shape index (κ1) is 33.9. The quantitative estimate of drug-likeness (QED) is 0.251. The van der Waals surface area contributed by atoms with E-state index in [-0.39, 0.29) is 56.2 Å². The van der Waals surface area contributed by atoms with Crippen LogP contribution < -0.4 is 16.0 Å². The minimum atomic E-state index is -6.41. The second-order valence-electron chi connectivity index (χ2n) is 12.1. The van der Waals surface area contributed by atoms with Crippen molar-refractivity contribution in [3.05, 3.63) is 65.0 Å². The number of benzene rings is 2. The molecule has 10 nitrogen and oxygen atoms in total. The van der Waals surface area contributed by atoms with Crippen LogP contribution in [0.3, 0.4) is 0 Å². The van der Waals surface area contributed by atoms with E-state index in [0.29, 0.717) is 12.1 Å². The second kappa shape index (κ2) is 11.0. The van der Waals surface area contributed by atoms with Crippen molar-refractivity contribution >= 4 is 27.8 Å². The van der Waals surface area contributed by atoms with Gasteiger partial charge in [0.05, 0.1) is 23.6 Å². The van der Waals surface area contributed by atoms with Crippen molar-refractivity contribution in [1.29, 1.82) is 0 Å². The van der Waals surface area contributed by atoms with Crippen LogP contribution in [0, 0.1) is 5.82 Å². The molecular formula is C29H26F8N4O6S. The van der Waals surface area contributed by atoms with Crippen LogP contribution in [0.4, 0.5) is 44.7 Å². The summed E-state index contributed by atoms with van der Waals surface area (Å²) >= 11 is 0. The van der Waals surface area contributed by atoms with Gasteiger partial charge in [-0.25, -0.2) is 26.8 Å². The number of rotatable bonds is 4. The minimum Gasteiger partial charge on any atom is -0.378 e. The summed E-state index contributed by atoms with van der Waals surface area (Å²) in [4.78, 5) is 39.2. The third kappa shape index (κ3) is 4.74.